The van der Waals surface area contributed by atoms with E-state index in [1.165, 1.54) is 4.90 Å². The molecule has 2 unspecified atom stereocenters. The number of para-hydroxylation sites is 1. The summed E-state index contributed by atoms with van der Waals surface area (Å²) in [4.78, 5) is 42.1. The maximum atomic E-state index is 14.1. The summed E-state index contributed by atoms with van der Waals surface area (Å²) >= 11 is 0. The van der Waals surface area contributed by atoms with Gasteiger partial charge in [0.15, 0.2) is 0 Å². The van der Waals surface area contributed by atoms with Gasteiger partial charge in [-0.05, 0) is 90.1 Å². The normalized spacial score (nSPS) is 13.3. The highest BCUT2D eigenvalue weighted by Crippen LogP contribution is 2.34. The lowest BCUT2D eigenvalue weighted by molar-refractivity contribution is -0.148. The van der Waals surface area contributed by atoms with Gasteiger partial charge in [0.2, 0.25) is 5.91 Å². The molecule has 2 rings (SSSR count). The van der Waals surface area contributed by atoms with E-state index < -0.39 is 47.7 Å². The van der Waals surface area contributed by atoms with Gasteiger partial charge in [0, 0.05) is 11.2 Å². The molecule has 2 aromatic carbocycles. The van der Waals surface area contributed by atoms with E-state index in [4.69, 9.17) is 4.74 Å². The van der Waals surface area contributed by atoms with Crippen molar-refractivity contribution in [2.24, 2.45) is 0 Å². The lowest BCUT2D eigenvalue weighted by Gasteiger charge is -2.44. The molecule has 0 aliphatic rings. The quantitative estimate of drug-likeness (QED) is 0.417. The Labute approximate surface area is 226 Å². The van der Waals surface area contributed by atoms with Gasteiger partial charge in [-0.3, -0.25) is 9.59 Å². The molecule has 8 nitrogen and oxygen atoms in total. The number of amides is 3. The lowest BCUT2D eigenvalue weighted by atomic mass is 9.91. The van der Waals surface area contributed by atoms with Crippen LogP contribution in [0, 0.1) is 20.8 Å². The highest BCUT2D eigenvalue weighted by atomic mass is 16.6. The predicted octanol–water partition coefficient (Wildman–Crippen LogP) is 5.19. The largest absolute Gasteiger partial charge is 0.444 e. The molecule has 3 amide bonds. The summed E-state index contributed by atoms with van der Waals surface area (Å²) in [6.07, 6.45) is -0.311. The molecule has 0 aliphatic heterocycles. The lowest BCUT2D eigenvalue weighted by Crippen LogP contribution is -2.59. The molecule has 38 heavy (non-hydrogen) atoms. The van der Waals surface area contributed by atoms with Crippen LogP contribution < -0.4 is 10.6 Å². The fraction of sp³-hybridized carbons (Fsp3) is 0.500. The number of rotatable bonds is 9. The molecule has 0 bridgehead atoms. The van der Waals surface area contributed by atoms with Gasteiger partial charge in [0.25, 0.3) is 5.91 Å². The summed E-state index contributed by atoms with van der Waals surface area (Å²) in [5.74, 6) is -0.986. The van der Waals surface area contributed by atoms with Gasteiger partial charge in [0.05, 0.1) is 6.61 Å². The van der Waals surface area contributed by atoms with E-state index in [1.807, 2.05) is 84.0 Å². The molecule has 2 aromatic rings. The van der Waals surface area contributed by atoms with Gasteiger partial charge < -0.3 is 25.4 Å². The third-order valence-corrected chi connectivity index (χ3v) is 6.68. The average Bonchev–Trinajstić information content (AvgIpc) is 2.82. The van der Waals surface area contributed by atoms with E-state index >= 15 is 0 Å². The van der Waals surface area contributed by atoms with E-state index in [1.54, 1.807) is 20.8 Å². The van der Waals surface area contributed by atoms with E-state index in [0.717, 1.165) is 16.7 Å². The Morgan fingerprint density at radius 2 is 1.58 bits per heavy atom. The third-order valence-electron chi connectivity index (χ3n) is 6.68. The van der Waals surface area contributed by atoms with Crippen LogP contribution in [0.3, 0.4) is 0 Å². The number of carbonyl (C=O) groups excluding carboxylic acids is 3. The van der Waals surface area contributed by atoms with Crippen molar-refractivity contribution in [3.63, 3.8) is 0 Å². The van der Waals surface area contributed by atoms with Crippen molar-refractivity contribution in [3.05, 3.63) is 64.7 Å². The fourth-order valence-corrected chi connectivity index (χ4v) is 4.02. The van der Waals surface area contributed by atoms with Crippen molar-refractivity contribution in [3.8, 4) is 0 Å². The molecule has 0 radical (unpaired) electrons. The Hall–Kier alpha value is -3.39. The van der Waals surface area contributed by atoms with Crippen LogP contribution in [0.15, 0.2) is 42.5 Å². The first kappa shape index (κ1) is 30.8. The molecule has 208 valence electrons. The smallest absolute Gasteiger partial charge is 0.408 e. The van der Waals surface area contributed by atoms with Gasteiger partial charge in [-0.15, -0.1) is 0 Å². The maximum Gasteiger partial charge on any atom is 0.408 e. The zero-order valence-corrected chi connectivity index (χ0v) is 24.1. The highest BCUT2D eigenvalue weighted by molar-refractivity contribution is 5.99. The molecule has 0 fully saturated rings. The molecule has 8 heteroatoms. The topological polar surface area (TPSA) is 108 Å². The molecule has 0 saturated carbocycles. The minimum Gasteiger partial charge on any atom is -0.444 e. The number of hydrogen-bond donors (Lipinski definition) is 3. The van der Waals surface area contributed by atoms with Gasteiger partial charge in [-0.2, -0.15) is 0 Å². The number of hydrogen-bond acceptors (Lipinski definition) is 5. The Balaban J connectivity index is 2.63. The molecule has 0 aromatic heterocycles. The summed E-state index contributed by atoms with van der Waals surface area (Å²) in [6.45, 7) is 15.9. The van der Waals surface area contributed by atoms with Crippen LogP contribution in [0.4, 0.5) is 10.5 Å². The first-order valence-corrected chi connectivity index (χ1v) is 13.0. The number of anilines is 1. The third kappa shape index (κ3) is 7.81. The summed E-state index contributed by atoms with van der Waals surface area (Å²) in [5, 5.41) is 15.6. The zero-order chi connectivity index (χ0) is 28.8. The molecule has 0 aliphatic carbocycles. The maximum absolute atomic E-state index is 14.1. The minimum atomic E-state index is -1.31. The van der Waals surface area contributed by atoms with Gasteiger partial charge in [-0.1, -0.05) is 43.3 Å². The fourth-order valence-electron chi connectivity index (χ4n) is 4.02. The zero-order valence-electron chi connectivity index (χ0n) is 24.1. The standard InChI is InChI=1S/C30H43N3O5/c1-10-30(8,9)33(27(36)24(18-34)32-28(37)38-29(5,6)7)25(22-16-15-19(2)21(4)17-22)26(35)31-23-14-12-11-13-20(23)3/h11-17,24-25,34H,10,18H2,1-9H3,(H,31,35)(H,32,37). The van der Waals surface area contributed by atoms with Crippen molar-refractivity contribution in [2.45, 2.75) is 92.0 Å². The summed E-state index contributed by atoms with van der Waals surface area (Å²) in [6, 6.07) is 10.7. The Morgan fingerprint density at radius 3 is 2.11 bits per heavy atom. The number of alkyl carbamates (subject to hydrolysis) is 1. The number of carbonyl (C=O) groups is 3. The minimum absolute atomic E-state index is 0.397. The summed E-state index contributed by atoms with van der Waals surface area (Å²) in [7, 11) is 0. The van der Waals surface area contributed by atoms with Crippen LogP contribution >= 0.6 is 0 Å². The van der Waals surface area contributed by atoms with Crippen LogP contribution in [0.2, 0.25) is 0 Å². The van der Waals surface area contributed by atoms with Crippen molar-refractivity contribution >= 4 is 23.6 Å². The van der Waals surface area contributed by atoms with E-state index in [-0.39, 0.29) is 0 Å². The van der Waals surface area contributed by atoms with Crippen molar-refractivity contribution in [1.29, 1.82) is 0 Å². The molecular formula is C30H43N3O5. The predicted molar refractivity (Wildman–Crippen MR) is 150 cm³/mol. The second-order valence-electron chi connectivity index (χ2n) is 11.3. The van der Waals surface area contributed by atoms with Gasteiger partial charge >= 0.3 is 6.09 Å². The number of ether oxygens (including phenoxy) is 1. The molecule has 0 heterocycles. The van der Waals surface area contributed by atoms with Crippen LogP contribution in [0.5, 0.6) is 0 Å². The Bertz CT molecular complexity index is 1150. The number of aliphatic hydroxyl groups is 1. The molecule has 0 saturated heterocycles. The van der Waals surface area contributed by atoms with Crippen molar-refractivity contribution in [2.75, 3.05) is 11.9 Å². The van der Waals surface area contributed by atoms with E-state index in [0.29, 0.717) is 17.7 Å². The first-order valence-electron chi connectivity index (χ1n) is 13.0. The summed E-state index contributed by atoms with van der Waals surface area (Å²) in [5.41, 5.74) is 2.58. The number of aliphatic hydroxyl groups excluding tert-OH is 1. The SMILES string of the molecule is CCC(C)(C)N(C(=O)C(CO)NC(=O)OC(C)(C)C)C(C(=O)Nc1ccccc1C)c1ccc(C)c(C)c1. The average molecular weight is 526 g/mol. The van der Waals surface area contributed by atoms with E-state index in [2.05, 4.69) is 10.6 Å². The first-order chi connectivity index (χ1) is 17.6. The number of nitrogens with one attached hydrogen (secondary N) is 2. The van der Waals surface area contributed by atoms with Gasteiger partial charge in [0.1, 0.15) is 17.7 Å². The van der Waals surface area contributed by atoms with Gasteiger partial charge in [-0.25, -0.2) is 4.79 Å². The van der Waals surface area contributed by atoms with Crippen LogP contribution in [0.25, 0.3) is 0 Å². The second kappa shape index (κ2) is 12.4. The second-order valence-corrected chi connectivity index (χ2v) is 11.3. The summed E-state index contributed by atoms with van der Waals surface area (Å²) < 4.78 is 5.31. The Kier molecular flexibility index (Phi) is 10.1. The number of benzene rings is 2. The van der Waals surface area contributed by atoms with Crippen LogP contribution in [-0.4, -0.2) is 51.7 Å². The van der Waals surface area contributed by atoms with E-state index in [9.17, 15) is 19.5 Å². The van der Waals surface area contributed by atoms with Crippen LogP contribution in [0.1, 0.15) is 76.3 Å². The highest BCUT2D eigenvalue weighted by Gasteiger charge is 2.43. The van der Waals surface area contributed by atoms with Crippen molar-refractivity contribution < 1.29 is 24.2 Å². The van der Waals surface area contributed by atoms with Crippen LogP contribution in [-0.2, 0) is 14.3 Å². The Morgan fingerprint density at radius 1 is 0.947 bits per heavy atom. The molecular weight excluding hydrogens is 482 g/mol. The number of aryl methyl sites for hydroxylation is 3. The molecule has 2 atom stereocenters. The molecule has 3 N–H and O–H groups in total. The number of nitrogens with zero attached hydrogens (tertiary/aromatic N) is 1. The van der Waals surface area contributed by atoms with Crippen molar-refractivity contribution in [1.82, 2.24) is 10.2 Å². The monoisotopic (exact) mass is 525 g/mol. The molecule has 0 spiro atoms.